The highest BCUT2D eigenvalue weighted by atomic mass is 19.1. The second kappa shape index (κ2) is 13.8. The molecular formula is C33H32FN5O6. The van der Waals surface area contributed by atoms with Crippen molar-refractivity contribution >= 4 is 28.5 Å². The average Bonchev–Trinajstić information content (AvgIpc) is 3.47. The number of amides is 2. The van der Waals surface area contributed by atoms with E-state index >= 15 is 4.39 Å². The normalized spacial score (nSPS) is 11.5. The molecule has 0 spiro atoms. The van der Waals surface area contributed by atoms with Crippen LogP contribution in [0, 0.1) is 5.82 Å². The van der Waals surface area contributed by atoms with Crippen LogP contribution < -0.4 is 24.3 Å². The number of aromatic nitrogens is 3. The summed E-state index contributed by atoms with van der Waals surface area (Å²) in [5.41, 5.74) is 2.24. The van der Waals surface area contributed by atoms with E-state index in [0.717, 1.165) is 0 Å². The van der Waals surface area contributed by atoms with Crippen molar-refractivity contribution in [3.8, 4) is 23.0 Å². The molecule has 5 rings (SSSR count). The number of para-hydroxylation sites is 1. The van der Waals surface area contributed by atoms with Crippen molar-refractivity contribution in [2.75, 3.05) is 33.8 Å². The van der Waals surface area contributed by atoms with Gasteiger partial charge in [0.25, 0.3) is 5.91 Å². The first-order chi connectivity index (χ1) is 21.9. The maximum absolute atomic E-state index is 15.1. The molecule has 45 heavy (non-hydrogen) atoms. The van der Waals surface area contributed by atoms with Crippen LogP contribution in [0.1, 0.15) is 17.2 Å². The van der Waals surface area contributed by atoms with Gasteiger partial charge in [-0.1, -0.05) is 35.5 Å². The third-order valence-corrected chi connectivity index (χ3v) is 7.24. The Morgan fingerprint density at radius 3 is 2.18 bits per heavy atom. The van der Waals surface area contributed by atoms with Gasteiger partial charge in [0.1, 0.15) is 29.7 Å². The molecule has 0 saturated carbocycles. The van der Waals surface area contributed by atoms with Gasteiger partial charge in [0.2, 0.25) is 11.7 Å². The molecule has 0 radical (unpaired) electrons. The lowest BCUT2D eigenvalue weighted by atomic mass is 10.0. The second-order valence-corrected chi connectivity index (χ2v) is 9.93. The molecule has 1 heterocycles. The molecule has 0 fully saturated rings. The number of nitrogens with zero attached hydrogens (tertiary/aromatic N) is 4. The summed E-state index contributed by atoms with van der Waals surface area (Å²) in [6.45, 7) is -0.513. The highest BCUT2D eigenvalue weighted by molar-refractivity contribution is 5.98. The maximum Gasteiger partial charge on any atom is 0.251 e. The van der Waals surface area contributed by atoms with E-state index in [4.69, 9.17) is 18.9 Å². The van der Waals surface area contributed by atoms with Crippen LogP contribution in [0.2, 0.25) is 0 Å². The van der Waals surface area contributed by atoms with E-state index in [-0.39, 0.29) is 30.2 Å². The zero-order valence-corrected chi connectivity index (χ0v) is 25.2. The Balaban J connectivity index is 1.64. The molecular weight excluding hydrogens is 581 g/mol. The molecule has 12 heteroatoms. The Morgan fingerprint density at radius 2 is 1.53 bits per heavy atom. The molecule has 232 valence electrons. The maximum atomic E-state index is 15.1. The van der Waals surface area contributed by atoms with E-state index in [9.17, 15) is 9.59 Å². The van der Waals surface area contributed by atoms with E-state index < -0.39 is 23.7 Å². The van der Waals surface area contributed by atoms with Crippen LogP contribution in [-0.2, 0) is 22.7 Å². The molecule has 1 unspecified atom stereocenters. The minimum atomic E-state index is -1.29. The standard InChI is InChI=1S/C33H32FN5O6/c1-42-24-15-13-23(14-16-24)35-33(41)31(22-17-28(43-2)32(45-4)29(18-22)44-3)38(19-21-9-5-6-10-25(21)34)30(40)20-39-27-12-8-7-11-26(27)36-37-39/h5-18,31H,19-20H2,1-4H3,(H,35,41). The molecule has 1 atom stereocenters. The first kappa shape index (κ1) is 30.8. The summed E-state index contributed by atoms with van der Waals surface area (Å²) in [5, 5.41) is 11.2. The van der Waals surface area contributed by atoms with Crippen molar-refractivity contribution < 1.29 is 32.9 Å². The quantitative estimate of drug-likeness (QED) is 0.209. The molecule has 0 saturated heterocycles. The molecule has 0 aliphatic heterocycles. The lowest BCUT2D eigenvalue weighted by molar-refractivity contribution is -0.140. The number of carbonyl (C=O) groups is 2. The third-order valence-electron chi connectivity index (χ3n) is 7.24. The van der Waals surface area contributed by atoms with Gasteiger partial charge in [-0.05, 0) is 60.2 Å². The van der Waals surface area contributed by atoms with E-state index in [2.05, 4.69) is 15.6 Å². The number of rotatable bonds is 12. The van der Waals surface area contributed by atoms with Crippen LogP contribution in [0.25, 0.3) is 11.0 Å². The Bertz CT molecular complexity index is 1780. The van der Waals surface area contributed by atoms with Crippen LogP contribution in [0.4, 0.5) is 10.1 Å². The Morgan fingerprint density at radius 1 is 0.867 bits per heavy atom. The molecule has 11 nitrogen and oxygen atoms in total. The van der Waals surface area contributed by atoms with Gasteiger partial charge in [-0.3, -0.25) is 9.59 Å². The number of anilines is 1. The minimum absolute atomic E-state index is 0.212. The van der Waals surface area contributed by atoms with Crippen molar-refractivity contribution in [2.45, 2.75) is 19.1 Å². The summed E-state index contributed by atoms with van der Waals surface area (Å²) >= 11 is 0. The van der Waals surface area contributed by atoms with E-state index in [0.29, 0.717) is 33.8 Å². The van der Waals surface area contributed by atoms with Crippen LogP contribution >= 0.6 is 0 Å². The first-order valence-electron chi connectivity index (χ1n) is 13.9. The van der Waals surface area contributed by atoms with E-state index in [1.165, 1.54) is 37.0 Å². The predicted octanol–water partition coefficient (Wildman–Crippen LogP) is 5.01. The average molecular weight is 614 g/mol. The zero-order chi connectivity index (χ0) is 31.9. The molecule has 0 aliphatic rings. The molecule has 0 aliphatic carbocycles. The van der Waals surface area contributed by atoms with Crippen LogP contribution in [0.3, 0.4) is 0 Å². The molecule has 4 aromatic carbocycles. The van der Waals surface area contributed by atoms with Gasteiger partial charge in [-0.15, -0.1) is 5.10 Å². The Kier molecular flexibility index (Phi) is 9.42. The molecule has 2 amide bonds. The van der Waals surface area contributed by atoms with Crippen molar-refractivity contribution in [1.29, 1.82) is 0 Å². The van der Waals surface area contributed by atoms with Crippen molar-refractivity contribution in [3.05, 3.63) is 102 Å². The highest BCUT2D eigenvalue weighted by Gasteiger charge is 2.34. The third kappa shape index (κ3) is 6.64. The van der Waals surface area contributed by atoms with Gasteiger partial charge < -0.3 is 29.2 Å². The van der Waals surface area contributed by atoms with Crippen molar-refractivity contribution in [3.63, 3.8) is 0 Å². The summed E-state index contributed by atoms with van der Waals surface area (Å²) in [4.78, 5) is 29.9. The van der Waals surface area contributed by atoms with E-state index in [1.807, 2.05) is 12.1 Å². The summed E-state index contributed by atoms with van der Waals surface area (Å²) in [5.74, 6) is -0.158. The van der Waals surface area contributed by atoms with Crippen LogP contribution in [0.15, 0.2) is 84.9 Å². The second-order valence-electron chi connectivity index (χ2n) is 9.93. The number of nitrogens with one attached hydrogen (secondary N) is 1. The Labute approximate surface area is 259 Å². The number of carbonyl (C=O) groups excluding carboxylic acids is 2. The number of halogens is 1. The summed E-state index contributed by atoms with van der Waals surface area (Å²) < 4.78 is 38.4. The van der Waals surface area contributed by atoms with Crippen LogP contribution in [-0.4, -0.2) is 60.1 Å². The highest BCUT2D eigenvalue weighted by Crippen LogP contribution is 2.41. The fraction of sp³-hybridized carbons (Fsp3) is 0.212. The number of benzene rings is 4. The largest absolute Gasteiger partial charge is 0.497 e. The number of methoxy groups -OCH3 is 4. The van der Waals surface area contributed by atoms with Crippen molar-refractivity contribution in [1.82, 2.24) is 19.9 Å². The fourth-order valence-corrected chi connectivity index (χ4v) is 5.00. The van der Waals surface area contributed by atoms with Crippen molar-refractivity contribution in [2.24, 2.45) is 0 Å². The summed E-state index contributed by atoms with van der Waals surface area (Å²) in [6.07, 6.45) is 0. The lowest BCUT2D eigenvalue weighted by Gasteiger charge is -2.32. The summed E-state index contributed by atoms with van der Waals surface area (Å²) in [6, 6.07) is 21.9. The number of fused-ring (bicyclic) bond motifs is 1. The SMILES string of the molecule is COc1ccc(NC(=O)C(c2cc(OC)c(OC)c(OC)c2)N(Cc2ccccc2F)C(=O)Cn2nnc3ccccc32)cc1. The summed E-state index contributed by atoms with van der Waals surface area (Å²) in [7, 11) is 5.90. The molecule has 1 aromatic heterocycles. The van der Waals surface area contributed by atoms with Gasteiger partial charge in [0.15, 0.2) is 11.5 Å². The smallest absolute Gasteiger partial charge is 0.251 e. The van der Waals surface area contributed by atoms with Gasteiger partial charge in [-0.25, -0.2) is 9.07 Å². The minimum Gasteiger partial charge on any atom is -0.497 e. The zero-order valence-electron chi connectivity index (χ0n) is 25.2. The first-order valence-corrected chi connectivity index (χ1v) is 13.9. The van der Waals surface area contributed by atoms with E-state index in [1.54, 1.807) is 73.8 Å². The Hall–Kier alpha value is -5.65. The lowest BCUT2D eigenvalue weighted by Crippen LogP contribution is -2.42. The monoisotopic (exact) mass is 613 g/mol. The number of hydrogen-bond donors (Lipinski definition) is 1. The number of hydrogen-bond acceptors (Lipinski definition) is 8. The van der Waals surface area contributed by atoms with Crippen LogP contribution in [0.5, 0.6) is 23.0 Å². The predicted molar refractivity (Wildman–Crippen MR) is 165 cm³/mol. The topological polar surface area (TPSA) is 117 Å². The van der Waals surface area contributed by atoms with Gasteiger partial charge in [0, 0.05) is 17.8 Å². The molecule has 0 bridgehead atoms. The number of ether oxygens (including phenoxy) is 4. The van der Waals surface area contributed by atoms with Gasteiger partial charge in [0.05, 0.1) is 34.0 Å². The van der Waals surface area contributed by atoms with Gasteiger partial charge in [-0.2, -0.15) is 0 Å². The molecule has 5 aromatic rings. The fourth-order valence-electron chi connectivity index (χ4n) is 5.00. The van der Waals surface area contributed by atoms with Gasteiger partial charge >= 0.3 is 0 Å². The molecule has 1 N–H and O–H groups in total.